The van der Waals surface area contributed by atoms with E-state index in [-0.39, 0.29) is 6.10 Å². The van der Waals surface area contributed by atoms with Gasteiger partial charge in [-0.05, 0) is 32.2 Å². The third-order valence-corrected chi connectivity index (χ3v) is 2.82. The van der Waals surface area contributed by atoms with Gasteiger partial charge in [-0.15, -0.1) is 0 Å². The molecule has 0 bridgehead atoms. The number of nitriles is 1. The van der Waals surface area contributed by atoms with Gasteiger partial charge in [-0.25, -0.2) is 0 Å². The largest absolute Gasteiger partial charge is 0.393 e. The summed E-state index contributed by atoms with van der Waals surface area (Å²) < 4.78 is 0. The van der Waals surface area contributed by atoms with Crippen molar-refractivity contribution in [1.82, 2.24) is 4.90 Å². The van der Waals surface area contributed by atoms with Gasteiger partial charge < -0.3 is 10.0 Å². The van der Waals surface area contributed by atoms with Crippen LogP contribution in [0.1, 0.15) is 38.5 Å². The van der Waals surface area contributed by atoms with E-state index in [1.807, 2.05) is 0 Å². The van der Waals surface area contributed by atoms with E-state index in [9.17, 15) is 5.11 Å². The van der Waals surface area contributed by atoms with Gasteiger partial charge >= 0.3 is 0 Å². The van der Waals surface area contributed by atoms with Gasteiger partial charge in [-0.3, -0.25) is 0 Å². The predicted molar refractivity (Wildman–Crippen MR) is 55.8 cm³/mol. The van der Waals surface area contributed by atoms with Gasteiger partial charge in [0.15, 0.2) is 0 Å². The smallest absolute Gasteiger partial charge is 0.0621 e. The summed E-state index contributed by atoms with van der Waals surface area (Å²) in [5.41, 5.74) is 0. The Bertz CT molecular complexity index is 180. The normalized spacial score (nSPS) is 19.4. The second-order valence-electron chi connectivity index (χ2n) is 4.04. The summed E-state index contributed by atoms with van der Waals surface area (Å²) in [5.74, 6) is 0. The van der Waals surface area contributed by atoms with Crippen LogP contribution in [0.2, 0.25) is 0 Å². The van der Waals surface area contributed by atoms with Crippen molar-refractivity contribution in [3.8, 4) is 6.07 Å². The van der Waals surface area contributed by atoms with Crippen LogP contribution in [0.5, 0.6) is 0 Å². The minimum absolute atomic E-state index is 0.0650. The van der Waals surface area contributed by atoms with Gasteiger partial charge in [0.1, 0.15) is 0 Å². The van der Waals surface area contributed by atoms with E-state index >= 15 is 0 Å². The molecule has 0 aromatic rings. The van der Waals surface area contributed by atoms with E-state index in [2.05, 4.69) is 11.0 Å². The molecule has 0 radical (unpaired) electrons. The number of nitrogens with zero attached hydrogens (tertiary/aromatic N) is 2. The number of unbranched alkanes of at least 4 members (excludes halogenated alkanes) is 3. The molecule has 1 saturated heterocycles. The van der Waals surface area contributed by atoms with Crippen molar-refractivity contribution in [1.29, 1.82) is 5.26 Å². The zero-order valence-corrected chi connectivity index (χ0v) is 8.78. The van der Waals surface area contributed by atoms with Crippen LogP contribution in [0.15, 0.2) is 0 Å². The van der Waals surface area contributed by atoms with Crippen LogP contribution < -0.4 is 0 Å². The summed E-state index contributed by atoms with van der Waals surface area (Å²) in [4.78, 5) is 2.42. The summed E-state index contributed by atoms with van der Waals surface area (Å²) in [7, 11) is 0. The Balaban J connectivity index is 1.94. The number of aliphatic hydroxyl groups excluding tert-OH is 1. The van der Waals surface area contributed by atoms with Crippen molar-refractivity contribution in [2.24, 2.45) is 0 Å². The van der Waals surface area contributed by atoms with Crippen molar-refractivity contribution in [3.05, 3.63) is 0 Å². The van der Waals surface area contributed by atoms with E-state index in [0.29, 0.717) is 6.42 Å². The van der Waals surface area contributed by atoms with Crippen LogP contribution in [-0.2, 0) is 0 Å². The molecular weight excluding hydrogens is 176 g/mol. The number of likely N-dealkylation sites (tertiary alicyclic amines) is 1. The predicted octanol–water partition coefficient (Wildman–Crippen LogP) is 1.53. The van der Waals surface area contributed by atoms with Crippen molar-refractivity contribution >= 4 is 0 Å². The molecule has 1 N–H and O–H groups in total. The molecule has 1 rings (SSSR count). The maximum Gasteiger partial charge on any atom is 0.0621 e. The Morgan fingerprint density at radius 1 is 1.21 bits per heavy atom. The number of hydrogen-bond donors (Lipinski definition) is 1. The maximum atomic E-state index is 9.31. The van der Waals surface area contributed by atoms with Crippen molar-refractivity contribution in [2.75, 3.05) is 19.6 Å². The first-order chi connectivity index (χ1) is 6.83. The third kappa shape index (κ3) is 4.59. The minimum Gasteiger partial charge on any atom is -0.393 e. The van der Waals surface area contributed by atoms with Gasteiger partial charge in [0.25, 0.3) is 0 Å². The van der Waals surface area contributed by atoms with E-state index in [0.717, 1.165) is 45.3 Å². The molecule has 0 unspecified atom stereocenters. The van der Waals surface area contributed by atoms with Gasteiger partial charge in [-0.2, -0.15) is 5.26 Å². The monoisotopic (exact) mass is 196 g/mol. The second-order valence-corrected chi connectivity index (χ2v) is 4.04. The van der Waals surface area contributed by atoms with Crippen LogP contribution in [0.25, 0.3) is 0 Å². The van der Waals surface area contributed by atoms with Gasteiger partial charge in [0.05, 0.1) is 12.2 Å². The fourth-order valence-electron chi connectivity index (χ4n) is 1.86. The summed E-state index contributed by atoms with van der Waals surface area (Å²) in [6, 6.07) is 2.17. The first-order valence-electron chi connectivity index (χ1n) is 5.60. The third-order valence-electron chi connectivity index (χ3n) is 2.82. The van der Waals surface area contributed by atoms with Crippen molar-refractivity contribution in [2.45, 2.75) is 44.6 Å². The Morgan fingerprint density at radius 2 is 1.93 bits per heavy atom. The van der Waals surface area contributed by atoms with Gasteiger partial charge in [0, 0.05) is 19.5 Å². The SMILES string of the molecule is N#CCCCCCN1CCC(O)CC1. The molecule has 1 heterocycles. The lowest BCUT2D eigenvalue weighted by atomic mass is 10.1. The molecule has 1 aliphatic rings. The zero-order chi connectivity index (χ0) is 10.2. The molecule has 3 nitrogen and oxygen atoms in total. The quantitative estimate of drug-likeness (QED) is 0.678. The highest BCUT2D eigenvalue weighted by atomic mass is 16.3. The number of piperidine rings is 1. The first kappa shape index (κ1) is 11.5. The molecule has 3 heteroatoms. The van der Waals surface area contributed by atoms with E-state index in [1.54, 1.807) is 0 Å². The number of aliphatic hydroxyl groups is 1. The first-order valence-corrected chi connectivity index (χ1v) is 5.60. The highest BCUT2D eigenvalue weighted by Gasteiger charge is 2.15. The van der Waals surface area contributed by atoms with Crippen LogP contribution in [0.4, 0.5) is 0 Å². The number of rotatable bonds is 5. The summed E-state index contributed by atoms with van der Waals surface area (Å²) in [6.07, 6.45) is 5.87. The number of hydrogen-bond acceptors (Lipinski definition) is 3. The lowest BCUT2D eigenvalue weighted by molar-refractivity contribution is 0.0818. The Morgan fingerprint density at radius 3 is 2.57 bits per heavy atom. The zero-order valence-electron chi connectivity index (χ0n) is 8.78. The molecule has 1 aliphatic heterocycles. The second kappa shape index (κ2) is 6.80. The Hall–Kier alpha value is -0.590. The van der Waals surface area contributed by atoms with Crippen LogP contribution >= 0.6 is 0 Å². The molecule has 0 aromatic heterocycles. The molecule has 0 spiro atoms. The molecule has 14 heavy (non-hydrogen) atoms. The maximum absolute atomic E-state index is 9.31. The topological polar surface area (TPSA) is 47.3 Å². The Kier molecular flexibility index (Phi) is 5.58. The molecule has 80 valence electrons. The molecule has 0 saturated carbocycles. The fraction of sp³-hybridized carbons (Fsp3) is 0.909. The average molecular weight is 196 g/mol. The molecular formula is C11H20N2O. The van der Waals surface area contributed by atoms with E-state index in [4.69, 9.17) is 5.26 Å². The highest BCUT2D eigenvalue weighted by molar-refractivity contribution is 4.71. The molecule has 0 atom stereocenters. The summed E-state index contributed by atoms with van der Waals surface area (Å²) >= 11 is 0. The lowest BCUT2D eigenvalue weighted by Gasteiger charge is -2.29. The van der Waals surface area contributed by atoms with Crippen molar-refractivity contribution < 1.29 is 5.11 Å². The fourth-order valence-corrected chi connectivity index (χ4v) is 1.86. The standard InChI is InChI=1S/C11H20N2O/c12-7-3-1-2-4-8-13-9-5-11(14)6-10-13/h11,14H,1-6,8-10H2. The summed E-state index contributed by atoms with van der Waals surface area (Å²) in [6.45, 7) is 3.22. The minimum atomic E-state index is -0.0650. The van der Waals surface area contributed by atoms with E-state index in [1.165, 1.54) is 6.42 Å². The van der Waals surface area contributed by atoms with Crippen LogP contribution in [-0.4, -0.2) is 35.7 Å². The van der Waals surface area contributed by atoms with Crippen molar-refractivity contribution in [3.63, 3.8) is 0 Å². The summed E-state index contributed by atoms with van der Waals surface area (Å²) in [5, 5.41) is 17.7. The molecule has 0 aliphatic carbocycles. The van der Waals surface area contributed by atoms with Gasteiger partial charge in [-0.1, -0.05) is 6.42 Å². The lowest BCUT2D eigenvalue weighted by Crippen LogP contribution is -2.36. The van der Waals surface area contributed by atoms with E-state index < -0.39 is 0 Å². The molecule has 0 amide bonds. The molecule has 1 fully saturated rings. The van der Waals surface area contributed by atoms with Gasteiger partial charge in [0.2, 0.25) is 0 Å². The molecule has 0 aromatic carbocycles. The van der Waals surface area contributed by atoms with Crippen LogP contribution in [0, 0.1) is 11.3 Å². The van der Waals surface area contributed by atoms with Crippen LogP contribution in [0.3, 0.4) is 0 Å². The highest BCUT2D eigenvalue weighted by Crippen LogP contribution is 2.11. The average Bonchev–Trinajstić information content (AvgIpc) is 2.21. The Labute approximate surface area is 86.3 Å².